The number of ether oxygens (including phenoxy) is 1. The predicted octanol–water partition coefficient (Wildman–Crippen LogP) is 2.59. The molecule has 6 aliphatic rings. The lowest BCUT2D eigenvalue weighted by atomic mass is 9.63. The number of pyridine rings is 1. The van der Waals surface area contributed by atoms with Gasteiger partial charge in [-0.2, -0.15) is 0 Å². The number of nitrogens with one attached hydrogen (secondary N) is 2. The summed E-state index contributed by atoms with van der Waals surface area (Å²) < 4.78 is 6.55. The van der Waals surface area contributed by atoms with Crippen molar-refractivity contribution in [3.63, 3.8) is 0 Å². The molecular weight excluding hydrogens is 444 g/mol. The number of amides is 3. The monoisotopic (exact) mass is 472 g/mol. The Morgan fingerprint density at radius 1 is 1.06 bits per heavy atom. The van der Waals surface area contributed by atoms with Gasteiger partial charge in [0.15, 0.2) is 0 Å². The Balaban J connectivity index is 1.24. The number of fused-ring (bicyclic) bond motifs is 3. The molecule has 2 unspecified atom stereocenters. The van der Waals surface area contributed by atoms with E-state index in [1.54, 1.807) is 4.90 Å². The first-order valence-electron chi connectivity index (χ1n) is 12.7. The largest absolute Gasteiger partial charge is 0.490 e. The number of carbonyl (C=O) groups is 3. The second-order valence-electron chi connectivity index (χ2n) is 10.7. The Labute approximate surface area is 203 Å². The SMILES string of the molecule is O=C1NC(=O)C2(N3Cc4cc(OC5CCCC5)c(C5NCC5c5ccncc5)cc4C3=O)CC1C2. The minimum absolute atomic E-state index is 0.0443. The van der Waals surface area contributed by atoms with Gasteiger partial charge in [0.25, 0.3) is 11.8 Å². The van der Waals surface area contributed by atoms with Crippen LogP contribution in [0.25, 0.3) is 0 Å². The number of carbonyl (C=O) groups excluding carboxylic acids is 3. The van der Waals surface area contributed by atoms with E-state index in [4.69, 9.17) is 4.74 Å². The molecule has 5 fully saturated rings. The van der Waals surface area contributed by atoms with Crippen LogP contribution in [-0.2, 0) is 16.1 Å². The minimum atomic E-state index is -0.907. The molecule has 180 valence electrons. The average Bonchev–Trinajstić information content (AvgIpc) is 3.41. The summed E-state index contributed by atoms with van der Waals surface area (Å²) in [4.78, 5) is 44.2. The second kappa shape index (κ2) is 7.62. The fraction of sp³-hybridized carbons (Fsp3) is 0.481. The standard InChI is InChI=1S/C27H28N4O4/c32-24-17-11-27(12-17,26(34)30-24)31-14-16-9-22(35-18-3-1-2-4-18)20(10-19(16)25(31)33)23-21(13-29-23)15-5-7-28-8-6-15/h5-10,17-18,21,23,29H,1-4,11-14H2,(H,30,32,34). The zero-order chi connectivity index (χ0) is 23.7. The van der Waals surface area contributed by atoms with Gasteiger partial charge in [-0.05, 0) is 73.9 Å². The summed E-state index contributed by atoms with van der Waals surface area (Å²) in [6, 6.07) is 8.16. The molecule has 0 radical (unpaired) electrons. The van der Waals surface area contributed by atoms with E-state index in [2.05, 4.69) is 15.6 Å². The fourth-order valence-corrected chi connectivity index (χ4v) is 6.63. The quantitative estimate of drug-likeness (QED) is 0.649. The highest BCUT2D eigenvalue weighted by Gasteiger charge is 2.63. The maximum atomic E-state index is 13.6. The molecule has 3 saturated heterocycles. The molecule has 5 heterocycles. The van der Waals surface area contributed by atoms with Crippen molar-refractivity contribution in [3.8, 4) is 5.75 Å². The molecule has 4 aliphatic heterocycles. The molecular formula is C27H28N4O4. The Morgan fingerprint density at radius 3 is 2.51 bits per heavy atom. The van der Waals surface area contributed by atoms with Crippen LogP contribution in [-0.4, -0.2) is 45.8 Å². The maximum Gasteiger partial charge on any atom is 0.255 e. The highest BCUT2D eigenvalue weighted by Crippen LogP contribution is 2.50. The predicted molar refractivity (Wildman–Crippen MR) is 126 cm³/mol. The molecule has 2 saturated carbocycles. The van der Waals surface area contributed by atoms with Gasteiger partial charge in [-0.3, -0.25) is 24.7 Å². The van der Waals surface area contributed by atoms with Gasteiger partial charge in [-0.1, -0.05) is 0 Å². The zero-order valence-corrected chi connectivity index (χ0v) is 19.5. The molecule has 2 N–H and O–H groups in total. The topological polar surface area (TPSA) is 101 Å². The van der Waals surface area contributed by atoms with E-state index in [1.807, 2.05) is 36.7 Å². The molecule has 1 aromatic heterocycles. The Morgan fingerprint density at radius 2 is 1.83 bits per heavy atom. The zero-order valence-electron chi connectivity index (χ0n) is 19.5. The van der Waals surface area contributed by atoms with E-state index in [0.717, 1.165) is 36.3 Å². The van der Waals surface area contributed by atoms with Crippen molar-refractivity contribution in [1.29, 1.82) is 0 Å². The number of nitrogens with zero attached hydrogens (tertiary/aromatic N) is 2. The summed E-state index contributed by atoms with van der Waals surface area (Å²) in [7, 11) is 0. The van der Waals surface area contributed by atoms with E-state index in [-0.39, 0.29) is 41.7 Å². The highest BCUT2D eigenvalue weighted by molar-refractivity contribution is 6.10. The highest BCUT2D eigenvalue weighted by atomic mass is 16.5. The molecule has 3 amide bonds. The van der Waals surface area contributed by atoms with Gasteiger partial charge in [-0.15, -0.1) is 0 Å². The Bertz CT molecular complexity index is 1230. The van der Waals surface area contributed by atoms with E-state index < -0.39 is 5.54 Å². The molecule has 2 aliphatic carbocycles. The van der Waals surface area contributed by atoms with Gasteiger partial charge in [0.1, 0.15) is 11.3 Å². The summed E-state index contributed by atoms with van der Waals surface area (Å²) in [5.74, 6) is 0.253. The molecule has 8 nitrogen and oxygen atoms in total. The summed E-state index contributed by atoms with van der Waals surface area (Å²) in [6.45, 7) is 1.23. The van der Waals surface area contributed by atoms with E-state index in [9.17, 15) is 14.4 Å². The third-order valence-electron chi connectivity index (χ3n) is 8.78. The lowest BCUT2D eigenvalue weighted by Crippen LogP contribution is -2.73. The fourth-order valence-electron chi connectivity index (χ4n) is 6.63. The molecule has 8 heteroatoms. The van der Waals surface area contributed by atoms with E-state index in [0.29, 0.717) is 24.9 Å². The molecule has 2 atom stereocenters. The lowest BCUT2D eigenvalue weighted by molar-refractivity contribution is -0.160. The smallest absolute Gasteiger partial charge is 0.255 e. The van der Waals surface area contributed by atoms with Crippen molar-refractivity contribution in [2.75, 3.05) is 6.54 Å². The van der Waals surface area contributed by atoms with Crippen LogP contribution in [0.5, 0.6) is 5.75 Å². The van der Waals surface area contributed by atoms with Crippen molar-refractivity contribution in [2.45, 2.75) is 68.7 Å². The molecule has 2 bridgehead atoms. The molecule has 1 aromatic carbocycles. The summed E-state index contributed by atoms with van der Waals surface area (Å²) in [6.07, 6.45) is 9.12. The van der Waals surface area contributed by atoms with Gasteiger partial charge >= 0.3 is 0 Å². The number of piperidine rings is 2. The van der Waals surface area contributed by atoms with E-state index in [1.165, 1.54) is 18.4 Å². The summed E-state index contributed by atoms with van der Waals surface area (Å²) >= 11 is 0. The molecule has 8 rings (SSSR count). The minimum Gasteiger partial charge on any atom is -0.490 e. The first-order chi connectivity index (χ1) is 17.0. The average molecular weight is 473 g/mol. The van der Waals surface area contributed by atoms with Crippen molar-refractivity contribution >= 4 is 17.7 Å². The van der Waals surface area contributed by atoms with Gasteiger partial charge in [0.2, 0.25) is 5.91 Å². The molecule has 0 spiro atoms. The van der Waals surface area contributed by atoms with Gasteiger partial charge in [0.05, 0.1) is 6.10 Å². The number of aromatic nitrogens is 1. The number of hydrogen-bond donors (Lipinski definition) is 2. The van der Waals surface area contributed by atoms with Crippen LogP contribution in [0.4, 0.5) is 0 Å². The lowest BCUT2D eigenvalue weighted by Gasteiger charge is -2.53. The van der Waals surface area contributed by atoms with Crippen molar-refractivity contribution < 1.29 is 19.1 Å². The van der Waals surface area contributed by atoms with Crippen molar-refractivity contribution in [3.05, 3.63) is 58.9 Å². The summed E-state index contributed by atoms with van der Waals surface area (Å²) in [5.41, 5.74) is 2.85. The first kappa shape index (κ1) is 21.1. The number of benzene rings is 1. The summed E-state index contributed by atoms with van der Waals surface area (Å²) in [5, 5.41) is 6.02. The van der Waals surface area contributed by atoms with Crippen LogP contribution in [0, 0.1) is 5.92 Å². The second-order valence-corrected chi connectivity index (χ2v) is 10.7. The van der Waals surface area contributed by atoms with Crippen LogP contribution in [0.1, 0.15) is 77.5 Å². The Kier molecular flexibility index (Phi) is 4.58. The van der Waals surface area contributed by atoms with Gasteiger partial charge in [-0.25, -0.2) is 0 Å². The van der Waals surface area contributed by atoms with Crippen LogP contribution in [0.2, 0.25) is 0 Å². The number of rotatable bonds is 5. The van der Waals surface area contributed by atoms with Gasteiger partial charge in [0, 0.05) is 54.5 Å². The third-order valence-corrected chi connectivity index (χ3v) is 8.78. The maximum absolute atomic E-state index is 13.6. The van der Waals surface area contributed by atoms with Crippen LogP contribution in [0.15, 0.2) is 36.7 Å². The van der Waals surface area contributed by atoms with Crippen LogP contribution < -0.4 is 15.4 Å². The molecule has 2 aromatic rings. The van der Waals surface area contributed by atoms with Crippen LogP contribution >= 0.6 is 0 Å². The third kappa shape index (κ3) is 3.08. The number of hydrogen-bond acceptors (Lipinski definition) is 6. The molecule has 35 heavy (non-hydrogen) atoms. The van der Waals surface area contributed by atoms with E-state index >= 15 is 0 Å². The number of imide groups is 1. The van der Waals surface area contributed by atoms with Gasteiger partial charge < -0.3 is 15.0 Å². The first-order valence-corrected chi connectivity index (χ1v) is 12.7. The van der Waals surface area contributed by atoms with Crippen molar-refractivity contribution in [2.24, 2.45) is 5.92 Å². The Hall–Kier alpha value is -3.26. The normalized spacial score (nSPS) is 31.6. The van der Waals surface area contributed by atoms with Crippen LogP contribution in [0.3, 0.4) is 0 Å². The van der Waals surface area contributed by atoms with Crippen molar-refractivity contribution in [1.82, 2.24) is 20.5 Å².